The average Bonchev–Trinajstić information content (AvgIpc) is 2.92. The predicted octanol–water partition coefficient (Wildman–Crippen LogP) is 3.38. The zero-order chi connectivity index (χ0) is 24.6. The van der Waals surface area contributed by atoms with Crippen molar-refractivity contribution >= 4 is 17.8 Å². The molecule has 1 heterocycles. The fourth-order valence-corrected chi connectivity index (χ4v) is 4.14. The molecule has 2 amide bonds. The summed E-state index contributed by atoms with van der Waals surface area (Å²) in [5.74, 6) is -0.544. The Morgan fingerprint density at radius 2 is 1.81 bits per heavy atom. The summed E-state index contributed by atoms with van der Waals surface area (Å²) in [4.78, 5) is 42.7. The second-order valence-electron chi connectivity index (χ2n) is 10.4. The van der Waals surface area contributed by atoms with Crippen molar-refractivity contribution in [1.82, 2.24) is 15.1 Å². The van der Waals surface area contributed by atoms with Gasteiger partial charge in [-0.3, -0.25) is 14.5 Å². The van der Waals surface area contributed by atoms with Gasteiger partial charge in [-0.1, -0.05) is 53.5 Å². The number of carbonyl (C=O) groups is 3. The third kappa shape index (κ3) is 7.91. The largest absolute Gasteiger partial charge is 0.463 e. The van der Waals surface area contributed by atoms with Gasteiger partial charge in [0.1, 0.15) is 6.04 Å². The standard InChI is InChI=1S/C25H45N3O4/c1-10-32-24(31)18(4)16-20(17(2)3)28(9)23(30)21(25(5,6)7)26-22(29)19-14-12-11-13-15-27(19)8/h16-17,19-21H,10-15H2,1-9H3,(H,26,29)/b18-16+/t19?,20?,21-/m1/s1. The number of likely N-dealkylation sites (N-methyl/N-ethyl adjacent to an activating group) is 2. The van der Waals surface area contributed by atoms with Crippen molar-refractivity contribution in [3.05, 3.63) is 11.6 Å². The minimum Gasteiger partial charge on any atom is -0.463 e. The topological polar surface area (TPSA) is 79.0 Å². The molecule has 3 atom stereocenters. The third-order valence-corrected chi connectivity index (χ3v) is 6.22. The minimum atomic E-state index is -0.672. The molecule has 1 aliphatic rings. The molecule has 0 aromatic carbocycles. The highest BCUT2D eigenvalue weighted by Gasteiger charge is 2.38. The zero-order valence-corrected chi connectivity index (χ0v) is 21.7. The van der Waals surface area contributed by atoms with Crippen molar-refractivity contribution < 1.29 is 19.1 Å². The van der Waals surface area contributed by atoms with Crippen LogP contribution in [0.3, 0.4) is 0 Å². The van der Waals surface area contributed by atoms with Crippen LogP contribution in [0.5, 0.6) is 0 Å². The molecule has 1 fully saturated rings. The normalized spacial score (nSPS) is 20.3. The molecule has 2 unspecified atom stereocenters. The van der Waals surface area contributed by atoms with E-state index >= 15 is 0 Å². The number of rotatable bonds is 8. The lowest BCUT2D eigenvalue weighted by molar-refractivity contribution is -0.141. The van der Waals surface area contributed by atoms with Gasteiger partial charge in [-0.15, -0.1) is 0 Å². The van der Waals surface area contributed by atoms with Crippen molar-refractivity contribution in [1.29, 1.82) is 0 Å². The molecule has 0 saturated carbocycles. The van der Waals surface area contributed by atoms with Gasteiger partial charge >= 0.3 is 5.97 Å². The van der Waals surface area contributed by atoms with Crippen LogP contribution in [0.4, 0.5) is 0 Å². The van der Waals surface area contributed by atoms with Crippen LogP contribution in [-0.2, 0) is 19.1 Å². The molecule has 1 aliphatic heterocycles. The van der Waals surface area contributed by atoms with Gasteiger partial charge in [0, 0.05) is 12.6 Å². The van der Waals surface area contributed by atoms with Crippen molar-refractivity contribution in [2.75, 3.05) is 27.2 Å². The Balaban J connectivity index is 3.12. The molecule has 0 aromatic heterocycles. The number of amides is 2. The summed E-state index contributed by atoms with van der Waals surface area (Å²) < 4.78 is 5.09. The molecule has 32 heavy (non-hydrogen) atoms. The summed E-state index contributed by atoms with van der Waals surface area (Å²) >= 11 is 0. The number of nitrogens with zero attached hydrogens (tertiary/aromatic N) is 2. The number of hydrogen-bond donors (Lipinski definition) is 1. The Labute approximate surface area is 194 Å². The van der Waals surface area contributed by atoms with E-state index in [-0.39, 0.29) is 35.8 Å². The molecule has 7 heteroatoms. The molecule has 7 nitrogen and oxygen atoms in total. The zero-order valence-electron chi connectivity index (χ0n) is 21.7. The quantitative estimate of drug-likeness (QED) is 0.452. The highest BCUT2D eigenvalue weighted by molar-refractivity contribution is 5.91. The van der Waals surface area contributed by atoms with E-state index in [1.165, 1.54) is 0 Å². The lowest BCUT2D eigenvalue weighted by Gasteiger charge is -2.38. The summed E-state index contributed by atoms with van der Waals surface area (Å²) in [6.07, 6.45) is 5.83. The number of likely N-dealkylation sites (tertiary alicyclic amines) is 1. The van der Waals surface area contributed by atoms with Crippen LogP contribution in [0.15, 0.2) is 11.6 Å². The maximum atomic E-state index is 13.6. The third-order valence-electron chi connectivity index (χ3n) is 6.22. The average molecular weight is 452 g/mol. The monoisotopic (exact) mass is 451 g/mol. The first-order valence-corrected chi connectivity index (χ1v) is 11.9. The number of ether oxygens (including phenoxy) is 1. The lowest BCUT2D eigenvalue weighted by Crippen LogP contribution is -2.59. The van der Waals surface area contributed by atoms with Gasteiger partial charge in [-0.05, 0) is 51.6 Å². The molecule has 184 valence electrons. The van der Waals surface area contributed by atoms with Gasteiger partial charge in [0.05, 0.1) is 18.7 Å². The molecule has 1 saturated heterocycles. The maximum Gasteiger partial charge on any atom is 0.333 e. The lowest BCUT2D eigenvalue weighted by atomic mass is 9.84. The Morgan fingerprint density at radius 1 is 1.19 bits per heavy atom. The molecule has 1 N–H and O–H groups in total. The van der Waals surface area contributed by atoms with Gasteiger partial charge < -0.3 is 15.0 Å². The van der Waals surface area contributed by atoms with Crippen molar-refractivity contribution in [3.63, 3.8) is 0 Å². The Hall–Kier alpha value is -1.89. The van der Waals surface area contributed by atoms with Gasteiger partial charge in [0.2, 0.25) is 11.8 Å². The first-order valence-electron chi connectivity index (χ1n) is 11.9. The maximum absolute atomic E-state index is 13.6. The number of hydrogen-bond acceptors (Lipinski definition) is 5. The van der Waals surface area contributed by atoms with E-state index in [1.807, 2.05) is 41.7 Å². The minimum absolute atomic E-state index is 0.0811. The van der Waals surface area contributed by atoms with E-state index in [0.717, 1.165) is 32.2 Å². The predicted molar refractivity (Wildman–Crippen MR) is 128 cm³/mol. The van der Waals surface area contributed by atoms with Gasteiger partial charge in [-0.25, -0.2) is 4.79 Å². The van der Waals surface area contributed by atoms with E-state index in [4.69, 9.17) is 4.74 Å². The van der Waals surface area contributed by atoms with Crippen LogP contribution in [-0.4, -0.2) is 73.0 Å². The SMILES string of the molecule is CCOC(=O)/C(C)=C/C(C(C)C)N(C)C(=O)[C@@H](NC(=O)C1CCCCCN1C)C(C)(C)C. The summed E-state index contributed by atoms with van der Waals surface area (Å²) in [5, 5.41) is 3.07. The fraction of sp³-hybridized carbons (Fsp3) is 0.800. The Kier molecular flexibility index (Phi) is 10.9. The molecule has 0 radical (unpaired) electrons. The molecular formula is C25H45N3O4. The molecule has 0 spiro atoms. The van der Waals surface area contributed by atoms with E-state index < -0.39 is 11.5 Å². The summed E-state index contributed by atoms with van der Waals surface area (Å²) in [5.41, 5.74) is 0.00719. The summed E-state index contributed by atoms with van der Waals surface area (Å²) in [6.45, 7) is 14.6. The molecule has 0 aliphatic carbocycles. The second kappa shape index (κ2) is 12.4. The number of carbonyl (C=O) groups excluding carboxylic acids is 3. The highest BCUT2D eigenvalue weighted by Crippen LogP contribution is 2.25. The van der Waals surface area contributed by atoms with E-state index in [0.29, 0.717) is 12.2 Å². The van der Waals surface area contributed by atoms with E-state index in [1.54, 1.807) is 31.9 Å². The van der Waals surface area contributed by atoms with Crippen LogP contribution in [0.2, 0.25) is 0 Å². The van der Waals surface area contributed by atoms with Gasteiger partial charge in [0.25, 0.3) is 0 Å². The van der Waals surface area contributed by atoms with Crippen molar-refractivity contribution in [2.45, 2.75) is 92.3 Å². The second-order valence-corrected chi connectivity index (χ2v) is 10.4. The molecule has 0 aromatic rings. The van der Waals surface area contributed by atoms with Crippen LogP contribution in [0.1, 0.15) is 74.1 Å². The van der Waals surface area contributed by atoms with Crippen molar-refractivity contribution in [2.24, 2.45) is 11.3 Å². The first-order chi connectivity index (χ1) is 14.8. The Morgan fingerprint density at radius 3 is 2.34 bits per heavy atom. The van der Waals surface area contributed by atoms with E-state index in [2.05, 4.69) is 10.2 Å². The first kappa shape index (κ1) is 28.1. The number of nitrogens with one attached hydrogen (secondary N) is 1. The number of esters is 1. The van der Waals surface area contributed by atoms with Gasteiger partial charge in [0.15, 0.2) is 0 Å². The fourth-order valence-electron chi connectivity index (χ4n) is 4.14. The smallest absolute Gasteiger partial charge is 0.333 e. The molecule has 0 bridgehead atoms. The van der Waals surface area contributed by atoms with Crippen LogP contribution in [0, 0.1) is 11.3 Å². The summed E-state index contributed by atoms with van der Waals surface area (Å²) in [6, 6.07) is -1.18. The van der Waals surface area contributed by atoms with Crippen LogP contribution >= 0.6 is 0 Å². The van der Waals surface area contributed by atoms with Crippen LogP contribution < -0.4 is 5.32 Å². The van der Waals surface area contributed by atoms with Crippen molar-refractivity contribution in [3.8, 4) is 0 Å². The van der Waals surface area contributed by atoms with Gasteiger partial charge in [-0.2, -0.15) is 0 Å². The Bertz CT molecular complexity index is 681. The molecule has 1 rings (SSSR count). The van der Waals surface area contributed by atoms with E-state index in [9.17, 15) is 14.4 Å². The molecular weight excluding hydrogens is 406 g/mol. The summed E-state index contributed by atoms with van der Waals surface area (Å²) in [7, 11) is 3.72. The highest BCUT2D eigenvalue weighted by atomic mass is 16.5. The van der Waals surface area contributed by atoms with Crippen LogP contribution in [0.25, 0.3) is 0 Å².